The van der Waals surface area contributed by atoms with Crippen molar-refractivity contribution in [1.82, 2.24) is 0 Å². The number of ether oxygens (including phenoxy) is 1. The highest BCUT2D eigenvalue weighted by Gasteiger charge is 2.27. The van der Waals surface area contributed by atoms with Crippen molar-refractivity contribution >= 4 is 60.3 Å². The summed E-state index contributed by atoms with van der Waals surface area (Å²) in [5.41, 5.74) is 5.49. The SMILES string of the molecule is CCN(CC)c1ccc2c(c1)Oc1cc(N(CC)CC)ccc1N2c1cc(Br)cc(Br)c1. The van der Waals surface area contributed by atoms with Crippen LogP contribution >= 0.6 is 31.9 Å². The van der Waals surface area contributed by atoms with Crippen LogP contribution in [0.4, 0.5) is 28.4 Å². The van der Waals surface area contributed by atoms with Crippen LogP contribution in [0, 0.1) is 0 Å². The maximum absolute atomic E-state index is 6.53. The van der Waals surface area contributed by atoms with Gasteiger partial charge in [0, 0.05) is 64.3 Å². The monoisotopic (exact) mass is 557 g/mol. The Hall–Kier alpha value is -2.18. The van der Waals surface area contributed by atoms with E-state index in [1.807, 2.05) is 0 Å². The maximum Gasteiger partial charge on any atom is 0.153 e. The molecule has 0 aliphatic carbocycles. The lowest BCUT2D eigenvalue weighted by Gasteiger charge is -2.35. The van der Waals surface area contributed by atoms with E-state index in [1.54, 1.807) is 0 Å². The van der Waals surface area contributed by atoms with Crippen LogP contribution in [0.2, 0.25) is 0 Å². The summed E-state index contributed by atoms with van der Waals surface area (Å²) in [7, 11) is 0. The Morgan fingerprint density at radius 2 is 1.09 bits per heavy atom. The van der Waals surface area contributed by atoms with E-state index in [2.05, 4.69) is 129 Å². The van der Waals surface area contributed by atoms with E-state index in [-0.39, 0.29) is 0 Å². The zero-order chi connectivity index (χ0) is 22.8. The predicted molar refractivity (Wildman–Crippen MR) is 144 cm³/mol. The van der Waals surface area contributed by atoms with E-state index in [4.69, 9.17) is 4.74 Å². The van der Waals surface area contributed by atoms with Gasteiger partial charge in [-0.2, -0.15) is 0 Å². The molecule has 0 atom stereocenters. The quantitative estimate of drug-likeness (QED) is 0.226. The number of hydrogen-bond acceptors (Lipinski definition) is 4. The van der Waals surface area contributed by atoms with Gasteiger partial charge in [-0.25, -0.2) is 0 Å². The van der Waals surface area contributed by atoms with E-state index < -0.39 is 0 Å². The minimum Gasteiger partial charge on any atom is -0.453 e. The molecule has 3 aromatic rings. The van der Waals surface area contributed by atoms with Crippen molar-refractivity contribution in [1.29, 1.82) is 0 Å². The molecule has 0 saturated carbocycles. The summed E-state index contributed by atoms with van der Waals surface area (Å²) in [4.78, 5) is 6.96. The summed E-state index contributed by atoms with van der Waals surface area (Å²) >= 11 is 7.31. The third-order valence-electron chi connectivity index (χ3n) is 5.95. The van der Waals surface area contributed by atoms with Crippen molar-refractivity contribution in [3.8, 4) is 11.5 Å². The summed E-state index contributed by atoms with van der Waals surface area (Å²) < 4.78 is 8.58. The second kappa shape index (κ2) is 9.75. The van der Waals surface area contributed by atoms with Gasteiger partial charge < -0.3 is 19.4 Å². The number of anilines is 5. The Balaban J connectivity index is 1.89. The highest BCUT2D eigenvalue weighted by Crippen LogP contribution is 2.52. The lowest BCUT2D eigenvalue weighted by atomic mass is 10.1. The minimum atomic E-state index is 0.870. The molecule has 0 amide bonds. The molecule has 0 fully saturated rings. The zero-order valence-electron chi connectivity index (χ0n) is 19.0. The van der Waals surface area contributed by atoms with Gasteiger partial charge in [-0.1, -0.05) is 31.9 Å². The van der Waals surface area contributed by atoms with Crippen LogP contribution in [-0.4, -0.2) is 26.2 Å². The molecule has 6 heteroatoms. The van der Waals surface area contributed by atoms with E-state index in [1.165, 1.54) is 11.4 Å². The summed E-state index contributed by atoms with van der Waals surface area (Å²) in [5, 5.41) is 0. The van der Waals surface area contributed by atoms with Crippen molar-refractivity contribution in [2.24, 2.45) is 0 Å². The van der Waals surface area contributed by atoms with Crippen LogP contribution in [0.3, 0.4) is 0 Å². The Labute approximate surface area is 208 Å². The van der Waals surface area contributed by atoms with Gasteiger partial charge >= 0.3 is 0 Å². The molecule has 0 unspecified atom stereocenters. The molecule has 0 aromatic heterocycles. The minimum absolute atomic E-state index is 0.870. The molecule has 0 saturated heterocycles. The van der Waals surface area contributed by atoms with E-state index in [0.29, 0.717) is 0 Å². The number of fused-ring (bicyclic) bond motifs is 2. The summed E-state index contributed by atoms with van der Waals surface area (Å²) in [5.74, 6) is 1.74. The third kappa shape index (κ3) is 4.35. The van der Waals surface area contributed by atoms with Crippen LogP contribution in [0.15, 0.2) is 63.5 Å². The normalized spacial score (nSPS) is 12.1. The Morgan fingerprint density at radius 1 is 0.656 bits per heavy atom. The molecule has 0 spiro atoms. The lowest BCUT2D eigenvalue weighted by Crippen LogP contribution is -2.23. The van der Waals surface area contributed by atoms with Crippen LogP contribution in [-0.2, 0) is 0 Å². The van der Waals surface area contributed by atoms with Crippen LogP contribution in [0.5, 0.6) is 11.5 Å². The second-order valence-electron chi connectivity index (χ2n) is 7.71. The molecule has 4 rings (SSSR count). The third-order valence-corrected chi connectivity index (χ3v) is 6.87. The van der Waals surface area contributed by atoms with Crippen molar-refractivity contribution in [3.05, 3.63) is 63.5 Å². The van der Waals surface area contributed by atoms with Crippen LogP contribution < -0.4 is 19.4 Å². The average Bonchev–Trinajstić information content (AvgIpc) is 2.78. The van der Waals surface area contributed by atoms with Gasteiger partial charge in [0.2, 0.25) is 0 Å². The van der Waals surface area contributed by atoms with Gasteiger partial charge in [-0.3, -0.25) is 0 Å². The average molecular weight is 559 g/mol. The highest BCUT2D eigenvalue weighted by molar-refractivity contribution is 9.11. The molecular weight excluding hydrogens is 530 g/mol. The maximum atomic E-state index is 6.53. The van der Waals surface area contributed by atoms with Crippen molar-refractivity contribution in [3.63, 3.8) is 0 Å². The van der Waals surface area contributed by atoms with Gasteiger partial charge in [0.15, 0.2) is 11.5 Å². The van der Waals surface area contributed by atoms with Crippen molar-refractivity contribution in [2.45, 2.75) is 27.7 Å². The first-order chi connectivity index (χ1) is 15.5. The predicted octanol–water partition coefficient (Wildman–Crippen LogP) is 8.48. The topological polar surface area (TPSA) is 19.0 Å². The number of benzene rings is 3. The fourth-order valence-corrected chi connectivity index (χ4v) is 5.57. The summed E-state index contributed by atoms with van der Waals surface area (Å²) in [6, 6.07) is 19.4. The van der Waals surface area contributed by atoms with Crippen LogP contribution in [0.1, 0.15) is 27.7 Å². The summed E-state index contributed by atoms with van der Waals surface area (Å²) in [6.07, 6.45) is 0. The lowest BCUT2D eigenvalue weighted by molar-refractivity contribution is 0.477. The van der Waals surface area contributed by atoms with Crippen molar-refractivity contribution < 1.29 is 4.74 Å². The number of hydrogen-bond donors (Lipinski definition) is 0. The number of nitrogens with zero attached hydrogens (tertiary/aromatic N) is 3. The van der Waals surface area contributed by atoms with E-state index >= 15 is 0 Å². The molecule has 0 bridgehead atoms. The molecule has 0 radical (unpaired) electrons. The molecule has 1 aliphatic heterocycles. The largest absolute Gasteiger partial charge is 0.453 e. The first kappa shape index (κ1) is 23.0. The second-order valence-corrected chi connectivity index (χ2v) is 9.55. The molecular formula is C26H29Br2N3O. The van der Waals surface area contributed by atoms with Gasteiger partial charge in [-0.15, -0.1) is 0 Å². The fourth-order valence-electron chi connectivity index (χ4n) is 4.30. The fraction of sp³-hybridized carbons (Fsp3) is 0.308. The first-order valence-corrected chi connectivity index (χ1v) is 12.8. The Bertz CT molecular complexity index is 1030. The number of halogens is 2. The van der Waals surface area contributed by atoms with Gasteiger partial charge in [0.1, 0.15) is 0 Å². The highest BCUT2D eigenvalue weighted by atomic mass is 79.9. The summed E-state index contributed by atoms with van der Waals surface area (Å²) in [6.45, 7) is 12.6. The Morgan fingerprint density at radius 3 is 1.50 bits per heavy atom. The van der Waals surface area contributed by atoms with Gasteiger partial charge in [-0.05, 0) is 70.2 Å². The van der Waals surface area contributed by atoms with Gasteiger partial charge in [0.25, 0.3) is 0 Å². The molecule has 1 heterocycles. The molecule has 168 valence electrons. The molecule has 3 aromatic carbocycles. The molecule has 4 nitrogen and oxygen atoms in total. The number of rotatable bonds is 7. The molecule has 0 N–H and O–H groups in total. The molecule has 32 heavy (non-hydrogen) atoms. The van der Waals surface area contributed by atoms with Gasteiger partial charge in [0.05, 0.1) is 11.4 Å². The Kier molecular flexibility index (Phi) is 7.01. The van der Waals surface area contributed by atoms with Crippen LogP contribution in [0.25, 0.3) is 0 Å². The smallest absolute Gasteiger partial charge is 0.153 e. The van der Waals surface area contributed by atoms with E-state index in [9.17, 15) is 0 Å². The van der Waals surface area contributed by atoms with E-state index in [0.717, 1.165) is 63.7 Å². The zero-order valence-corrected chi connectivity index (χ0v) is 22.2. The molecule has 1 aliphatic rings. The standard InChI is InChI=1S/C26H29Br2N3O/c1-5-29(6-2)20-9-11-23-25(16-20)32-26-17-21(30(7-3)8-4)10-12-24(26)31(23)22-14-18(27)13-19(28)15-22/h9-17H,5-8H2,1-4H3. The van der Waals surface area contributed by atoms with Crippen molar-refractivity contribution in [2.75, 3.05) is 40.9 Å². The first-order valence-electron chi connectivity index (χ1n) is 11.2.